The van der Waals surface area contributed by atoms with Gasteiger partial charge in [0.2, 0.25) is 6.39 Å². The summed E-state index contributed by atoms with van der Waals surface area (Å²) in [4.78, 5) is 5.58. The summed E-state index contributed by atoms with van der Waals surface area (Å²) in [7, 11) is 0. The minimum Gasteiger partial charge on any atom is -0.485 e. The SMILES string of the molecule is CC1(c2nnco2)C=C(c2ccc(OC(F)F)c(OCc3ccccc3)c2)NO1. The first-order chi connectivity index (χ1) is 14.0. The lowest BCUT2D eigenvalue weighted by Gasteiger charge is -2.15. The molecular weight excluding hydrogens is 384 g/mol. The maximum absolute atomic E-state index is 12.8. The van der Waals surface area contributed by atoms with Gasteiger partial charge in [-0.2, -0.15) is 8.78 Å². The third-order valence-electron chi connectivity index (χ3n) is 4.29. The Morgan fingerprint density at radius 3 is 2.69 bits per heavy atom. The van der Waals surface area contributed by atoms with Gasteiger partial charge in [-0.15, -0.1) is 10.2 Å². The Morgan fingerprint density at radius 1 is 1.14 bits per heavy atom. The Balaban J connectivity index is 1.61. The van der Waals surface area contributed by atoms with Gasteiger partial charge in [-0.25, -0.2) is 0 Å². The molecule has 150 valence electrons. The molecule has 1 atom stereocenters. The number of halogens is 2. The second kappa shape index (κ2) is 7.88. The fourth-order valence-corrected chi connectivity index (χ4v) is 2.85. The van der Waals surface area contributed by atoms with Crippen molar-refractivity contribution in [2.24, 2.45) is 0 Å². The molecule has 0 saturated heterocycles. The van der Waals surface area contributed by atoms with Gasteiger partial charge < -0.3 is 13.9 Å². The molecule has 29 heavy (non-hydrogen) atoms. The molecule has 1 aliphatic heterocycles. The molecule has 1 N–H and O–H groups in total. The zero-order valence-corrected chi connectivity index (χ0v) is 15.3. The Kier molecular flexibility index (Phi) is 5.13. The molecule has 3 aromatic rings. The van der Waals surface area contributed by atoms with Gasteiger partial charge in [-0.1, -0.05) is 30.3 Å². The lowest BCUT2D eigenvalue weighted by atomic mass is 10.0. The van der Waals surface area contributed by atoms with Crippen molar-refractivity contribution in [1.82, 2.24) is 15.7 Å². The van der Waals surface area contributed by atoms with Crippen LogP contribution in [-0.2, 0) is 17.0 Å². The summed E-state index contributed by atoms with van der Waals surface area (Å²) >= 11 is 0. The fraction of sp³-hybridized carbons (Fsp3) is 0.200. The molecule has 0 amide bonds. The number of nitrogens with zero attached hydrogens (tertiary/aromatic N) is 2. The lowest BCUT2D eigenvalue weighted by molar-refractivity contribution is -0.0516. The number of hydrogen-bond donors (Lipinski definition) is 1. The highest BCUT2D eigenvalue weighted by Crippen LogP contribution is 2.37. The van der Waals surface area contributed by atoms with E-state index in [-0.39, 0.29) is 24.0 Å². The number of nitrogens with one attached hydrogen (secondary N) is 1. The van der Waals surface area contributed by atoms with E-state index >= 15 is 0 Å². The molecule has 0 saturated carbocycles. The highest BCUT2D eigenvalue weighted by atomic mass is 19.3. The number of hydrogen-bond acceptors (Lipinski definition) is 7. The number of aromatic nitrogens is 2. The van der Waals surface area contributed by atoms with Crippen LogP contribution in [0.3, 0.4) is 0 Å². The van der Waals surface area contributed by atoms with Crippen molar-refractivity contribution in [2.75, 3.05) is 0 Å². The second-order valence-corrected chi connectivity index (χ2v) is 6.43. The molecule has 0 fully saturated rings. The van der Waals surface area contributed by atoms with Crippen LogP contribution in [0.25, 0.3) is 5.70 Å². The number of alkyl halides is 2. The van der Waals surface area contributed by atoms with E-state index in [4.69, 9.17) is 14.0 Å². The average Bonchev–Trinajstić information content (AvgIpc) is 3.39. The first-order valence-corrected chi connectivity index (χ1v) is 8.73. The van der Waals surface area contributed by atoms with Gasteiger partial charge in [-0.05, 0) is 36.8 Å². The third-order valence-corrected chi connectivity index (χ3v) is 4.29. The van der Waals surface area contributed by atoms with Crippen LogP contribution in [-0.4, -0.2) is 16.8 Å². The summed E-state index contributed by atoms with van der Waals surface area (Å²) in [5.74, 6) is 0.401. The molecule has 7 nitrogen and oxygen atoms in total. The molecular formula is C20H17F2N3O4. The maximum Gasteiger partial charge on any atom is 0.387 e. The van der Waals surface area contributed by atoms with Crippen molar-refractivity contribution < 1.29 is 27.5 Å². The van der Waals surface area contributed by atoms with Crippen molar-refractivity contribution in [1.29, 1.82) is 0 Å². The normalized spacial score (nSPS) is 18.4. The van der Waals surface area contributed by atoms with E-state index < -0.39 is 12.2 Å². The lowest BCUT2D eigenvalue weighted by Crippen LogP contribution is -2.23. The highest BCUT2D eigenvalue weighted by molar-refractivity contribution is 5.68. The predicted molar refractivity (Wildman–Crippen MR) is 97.7 cm³/mol. The van der Waals surface area contributed by atoms with E-state index in [1.54, 1.807) is 25.1 Å². The van der Waals surface area contributed by atoms with E-state index in [0.717, 1.165) is 5.56 Å². The Hall–Kier alpha value is -3.46. The van der Waals surface area contributed by atoms with Gasteiger partial charge in [0.15, 0.2) is 17.1 Å². The van der Waals surface area contributed by atoms with Crippen LogP contribution >= 0.6 is 0 Å². The van der Waals surface area contributed by atoms with Crippen molar-refractivity contribution in [3.05, 3.63) is 78.0 Å². The topological polar surface area (TPSA) is 78.6 Å². The fourth-order valence-electron chi connectivity index (χ4n) is 2.85. The quantitative estimate of drug-likeness (QED) is 0.640. The van der Waals surface area contributed by atoms with Crippen LogP contribution in [0.15, 0.2) is 65.4 Å². The maximum atomic E-state index is 12.8. The summed E-state index contributed by atoms with van der Waals surface area (Å²) in [5.41, 5.74) is 3.98. The van der Waals surface area contributed by atoms with Gasteiger partial charge in [0.1, 0.15) is 6.61 Å². The van der Waals surface area contributed by atoms with E-state index in [1.165, 1.54) is 12.5 Å². The van der Waals surface area contributed by atoms with Crippen LogP contribution < -0.4 is 15.0 Å². The standard InChI is InChI=1S/C20H17F2N3O4/c1-20(18-24-23-12-27-18)10-15(25-29-20)14-7-8-16(28-19(21)22)17(9-14)26-11-13-5-3-2-4-6-13/h2-10,12,19,25H,11H2,1H3. The van der Waals surface area contributed by atoms with Crippen molar-refractivity contribution >= 4 is 5.70 Å². The zero-order valence-electron chi connectivity index (χ0n) is 15.3. The van der Waals surface area contributed by atoms with Gasteiger partial charge in [0.05, 0.1) is 5.70 Å². The minimum absolute atomic E-state index is 0.0566. The largest absolute Gasteiger partial charge is 0.485 e. The van der Waals surface area contributed by atoms with Crippen molar-refractivity contribution in [3.8, 4) is 11.5 Å². The smallest absolute Gasteiger partial charge is 0.387 e. The zero-order chi connectivity index (χ0) is 20.3. The van der Waals surface area contributed by atoms with Crippen LogP contribution in [0.1, 0.15) is 23.9 Å². The number of ether oxygens (including phenoxy) is 2. The molecule has 1 aliphatic rings. The summed E-state index contributed by atoms with van der Waals surface area (Å²) in [5, 5.41) is 7.53. The van der Waals surface area contributed by atoms with E-state index in [1.807, 2.05) is 30.3 Å². The summed E-state index contributed by atoms with van der Waals surface area (Å²) < 4.78 is 41.1. The van der Waals surface area contributed by atoms with Gasteiger partial charge >= 0.3 is 6.61 Å². The molecule has 4 rings (SSSR count). The molecule has 1 aromatic heterocycles. The molecule has 0 radical (unpaired) electrons. The van der Waals surface area contributed by atoms with E-state index in [9.17, 15) is 8.78 Å². The van der Waals surface area contributed by atoms with Crippen LogP contribution in [0.5, 0.6) is 11.5 Å². The van der Waals surface area contributed by atoms with E-state index in [0.29, 0.717) is 11.3 Å². The summed E-state index contributed by atoms with van der Waals surface area (Å²) in [6.07, 6.45) is 2.96. The van der Waals surface area contributed by atoms with Gasteiger partial charge in [0.25, 0.3) is 5.89 Å². The van der Waals surface area contributed by atoms with E-state index in [2.05, 4.69) is 20.4 Å². The molecule has 0 bridgehead atoms. The van der Waals surface area contributed by atoms with Crippen LogP contribution in [0, 0.1) is 0 Å². The Bertz CT molecular complexity index is 996. The summed E-state index contributed by atoms with van der Waals surface area (Å²) in [6.45, 7) is -1.01. The first kappa shape index (κ1) is 18.9. The first-order valence-electron chi connectivity index (χ1n) is 8.73. The number of benzene rings is 2. The molecule has 2 heterocycles. The number of hydroxylamine groups is 1. The van der Waals surface area contributed by atoms with Crippen LogP contribution in [0.4, 0.5) is 8.78 Å². The number of rotatable bonds is 7. The van der Waals surface area contributed by atoms with Gasteiger partial charge in [0, 0.05) is 5.56 Å². The van der Waals surface area contributed by atoms with Crippen molar-refractivity contribution in [3.63, 3.8) is 0 Å². The van der Waals surface area contributed by atoms with Crippen LogP contribution in [0.2, 0.25) is 0 Å². The van der Waals surface area contributed by atoms with Crippen molar-refractivity contribution in [2.45, 2.75) is 25.7 Å². The molecule has 0 spiro atoms. The average molecular weight is 401 g/mol. The summed E-state index contributed by atoms with van der Waals surface area (Å²) in [6, 6.07) is 14.0. The molecule has 9 heteroatoms. The third kappa shape index (κ3) is 4.19. The Labute approximate surface area is 164 Å². The molecule has 1 unspecified atom stereocenters. The monoisotopic (exact) mass is 401 g/mol. The molecule has 2 aromatic carbocycles. The predicted octanol–water partition coefficient (Wildman–Crippen LogP) is 4.04. The van der Waals surface area contributed by atoms with Gasteiger partial charge in [-0.3, -0.25) is 10.3 Å². The minimum atomic E-state index is -2.96. The molecule has 0 aliphatic carbocycles. The highest BCUT2D eigenvalue weighted by Gasteiger charge is 2.37. The second-order valence-electron chi connectivity index (χ2n) is 6.43. The Morgan fingerprint density at radius 2 is 1.97 bits per heavy atom.